The highest BCUT2D eigenvalue weighted by molar-refractivity contribution is 7.92. The second kappa shape index (κ2) is 10.6. The maximum atomic E-state index is 13.0. The topological polar surface area (TPSA) is 60.9 Å². The van der Waals surface area contributed by atoms with Crippen LogP contribution in [0.4, 0.5) is 5.69 Å². The highest BCUT2D eigenvalue weighted by Gasteiger charge is 2.23. The van der Waals surface area contributed by atoms with Crippen LogP contribution in [0.25, 0.3) is 0 Å². The van der Waals surface area contributed by atoms with Gasteiger partial charge in [-0.25, -0.2) is 8.42 Å². The summed E-state index contributed by atoms with van der Waals surface area (Å²) in [6.45, 7) is 4.04. The number of anilines is 1. The number of halogens is 1. The van der Waals surface area contributed by atoms with Crippen LogP contribution in [0.5, 0.6) is 0 Å². The molecular formula is C26H28ClN3O3S. The summed E-state index contributed by atoms with van der Waals surface area (Å²) in [7, 11) is -3.51. The molecule has 0 bridgehead atoms. The molecule has 178 valence electrons. The smallest absolute Gasteiger partial charge is 0.253 e. The molecule has 1 aliphatic heterocycles. The van der Waals surface area contributed by atoms with Crippen molar-refractivity contribution in [2.75, 3.05) is 36.7 Å². The lowest BCUT2D eigenvalue weighted by molar-refractivity contribution is 0.0628. The van der Waals surface area contributed by atoms with E-state index in [1.165, 1.54) is 16.1 Å². The van der Waals surface area contributed by atoms with Gasteiger partial charge < -0.3 is 4.90 Å². The van der Waals surface area contributed by atoms with Gasteiger partial charge in [-0.3, -0.25) is 14.0 Å². The van der Waals surface area contributed by atoms with E-state index in [0.717, 1.165) is 25.2 Å². The van der Waals surface area contributed by atoms with Crippen LogP contribution in [-0.4, -0.2) is 56.6 Å². The molecule has 0 aliphatic carbocycles. The molecule has 1 aliphatic rings. The van der Waals surface area contributed by atoms with Crippen molar-refractivity contribution in [1.29, 1.82) is 0 Å². The van der Waals surface area contributed by atoms with E-state index in [-0.39, 0.29) is 12.5 Å². The number of amides is 1. The van der Waals surface area contributed by atoms with Crippen molar-refractivity contribution in [3.63, 3.8) is 0 Å². The maximum absolute atomic E-state index is 13.0. The first-order valence-corrected chi connectivity index (χ1v) is 13.4. The van der Waals surface area contributed by atoms with Crippen molar-refractivity contribution >= 4 is 33.2 Å². The van der Waals surface area contributed by atoms with Crippen molar-refractivity contribution < 1.29 is 13.2 Å². The lowest BCUT2D eigenvalue weighted by Crippen LogP contribution is -2.48. The van der Waals surface area contributed by atoms with E-state index < -0.39 is 10.0 Å². The van der Waals surface area contributed by atoms with E-state index in [4.69, 9.17) is 11.6 Å². The Morgan fingerprint density at radius 3 is 2.06 bits per heavy atom. The van der Waals surface area contributed by atoms with Crippen molar-refractivity contribution in [2.24, 2.45) is 0 Å². The molecule has 8 heteroatoms. The predicted molar refractivity (Wildman–Crippen MR) is 137 cm³/mol. The summed E-state index contributed by atoms with van der Waals surface area (Å²) in [5, 5.41) is 0.596. The van der Waals surface area contributed by atoms with E-state index in [9.17, 15) is 13.2 Å². The molecular weight excluding hydrogens is 470 g/mol. The van der Waals surface area contributed by atoms with Crippen LogP contribution in [0.3, 0.4) is 0 Å². The lowest BCUT2D eigenvalue weighted by Gasteiger charge is -2.35. The lowest BCUT2D eigenvalue weighted by atomic mass is 10.1. The van der Waals surface area contributed by atoms with Gasteiger partial charge in [0, 0.05) is 43.3 Å². The fraction of sp³-hybridized carbons (Fsp3) is 0.269. The normalized spacial score (nSPS) is 14.7. The number of hydrogen-bond donors (Lipinski definition) is 0. The second-order valence-electron chi connectivity index (χ2n) is 8.50. The molecule has 0 radical (unpaired) electrons. The third-order valence-electron chi connectivity index (χ3n) is 5.95. The summed E-state index contributed by atoms with van der Waals surface area (Å²) in [6.07, 6.45) is 1.18. The molecule has 3 aromatic rings. The maximum Gasteiger partial charge on any atom is 0.253 e. The number of benzene rings is 3. The standard InChI is InChI=1S/C26H28ClN3O3S/c1-34(32,33)30(20-22-7-11-24(27)12-8-22)25-13-9-23(10-14-25)26(31)29-17-15-28(16-18-29)19-21-5-3-2-4-6-21/h2-14H,15-20H2,1H3. The Labute approximate surface area is 206 Å². The third kappa shape index (κ3) is 6.17. The average Bonchev–Trinajstić information content (AvgIpc) is 2.84. The number of nitrogens with zero attached hydrogens (tertiary/aromatic N) is 3. The van der Waals surface area contributed by atoms with Gasteiger partial charge in [-0.1, -0.05) is 54.1 Å². The number of rotatable bonds is 7. The Kier molecular flexibility index (Phi) is 7.56. The number of sulfonamides is 1. The first-order valence-electron chi connectivity index (χ1n) is 11.2. The van der Waals surface area contributed by atoms with Gasteiger partial charge in [0.1, 0.15) is 0 Å². The molecule has 34 heavy (non-hydrogen) atoms. The summed E-state index contributed by atoms with van der Waals surface area (Å²) < 4.78 is 26.2. The fourth-order valence-electron chi connectivity index (χ4n) is 4.06. The van der Waals surface area contributed by atoms with E-state index in [2.05, 4.69) is 17.0 Å². The van der Waals surface area contributed by atoms with E-state index in [0.29, 0.717) is 29.4 Å². The van der Waals surface area contributed by atoms with Gasteiger partial charge in [0.2, 0.25) is 10.0 Å². The zero-order chi connectivity index (χ0) is 24.1. The minimum absolute atomic E-state index is 0.0329. The Morgan fingerprint density at radius 1 is 0.853 bits per heavy atom. The summed E-state index contributed by atoms with van der Waals surface area (Å²) in [4.78, 5) is 17.2. The van der Waals surface area contributed by atoms with Gasteiger partial charge in [-0.15, -0.1) is 0 Å². The molecule has 0 unspecified atom stereocenters. The molecule has 1 fully saturated rings. The Balaban J connectivity index is 1.40. The van der Waals surface area contributed by atoms with Crippen molar-refractivity contribution in [3.8, 4) is 0 Å². The van der Waals surface area contributed by atoms with Crippen LogP contribution < -0.4 is 4.31 Å². The van der Waals surface area contributed by atoms with E-state index in [1.807, 2.05) is 23.1 Å². The van der Waals surface area contributed by atoms with Crippen LogP contribution in [0.15, 0.2) is 78.9 Å². The molecule has 4 rings (SSSR count). The van der Waals surface area contributed by atoms with Gasteiger partial charge in [0.25, 0.3) is 5.91 Å². The summed E-state index contributed by atoms with van der Waals surface area (Å²) in [6, 6.07) is 24.2. The van der Waals surface area contributed by atoms with Crippen molar-refractivity contribution in [1.82, 2.24) is 9.80 Å². The third-order valence-corrected chi connectivity index (χ3v) is 7.34. The summed E-state index contributed by atoms with van der Waals surface area (Å²) >= 11 is 5.94. The molecule has 0 atom stereocenters. The highest BCUT2D eigenvalue weighted by atomic mass is 35.5. The zero-order valence-electron chi connectivity index (χ0n) is 19.1. The molecule has 6 nitrogen and oxygen atoms in total. The predicted octanol–water partition coefficient (Wildman–Crippen LogP) is 4.26. The molecule has 1 heterocycles. The first-order chi connectivity index (χ1) is 16.3. The minimum atomic E-state index is -3.51. The van der Waals surface area contributed by atoms with Gasteiger partial charge in [-0.05, 0) is 47.5 Å². The van der Waals surface area contributed by atoms with Crippen LogP contribution >= 0.6 is 11.6 Å². The second-order valence-corrected chi connectivity index (χ2v) is 10.8. The van der Waals surface area contributed by atoms with Crippen LogP contribution in [0, 0.1) is 0 Å². The Bertz CT molecular complexity index is 1210. The van der Waals surface area contributed by atoms with Crippen LogP contribution in [-0.2, 0) is 23.1 Å². The SMILES string of the molecule is CS(=O)(=O)N(Cc1ccc(Cl)cc1)c1ccc(C(=O)N2CCN(Cc3ccccc3)CC2)cc1. The monoisotopic (exact) mass is 497 g/mol. The molecule has 1 amide bonds. The van der Waals surface area contributed by atoms with Gasteiger partial charge >= 0.3 is 0 Å². The molecule has 0 saturated carbocycles. The number of piperazine rings is 1. The van der Waals surface area contributed by atoms with Gasteiger partial charge in [0.15, 0.2) is 0 Å². The first kappa shape index (κ1) is 24.3. The Morgan fingerprint density at radius 2 is 1.47 bits per heavy atom. The molecule has 0 spiro atoms. The number of carbonyl (C=O) groups is 1. The highest BCUT2D eigenvalue weighted by Crippen LogP contribution is 2.23. The fourth-order valence-corrected chi connectivity index (χ4v) is 5.07. The zero-order valence-corrected chi connectivity index (χ0v) is 20.7. The van der Waals surface area contributed by atoms with E-state index in [1.54, 1.807) is 48.5 Å². The number of hydrogen-bond acceptors (Lipinski definition) is 4. The quantitative estimate of drug-likeness (QED) is 0.489. The van der Waals surface area contributed by atoms with Crippen molar-refractivity contribution in [2.45, 2.75) is 13.1 Å². The molecule has 0 aromatic heterocycles. The summed E-state index contributed by atoms with van der Waals surface area (Å²) in [5.74, 6) is -0.0329. The largest absolute Gasteiger partial charge is 0.336 e. The van der Waals surface area contributed by atoms with E-state index >= 15 is 0 Å². The van der Waals surface area contributed by atoms with Crippen molar-refractivity contribution in [3.05, 3.63) is 101 Å². The van der Waals surface area contributed by atoms with Crippen LogP contribution in [0.2, 0.25) is 5.02 Å². The minimum Gasteiger partial charge on any atom is -0.336 e. The number of carbonyl (C=O) groups excluding carboxylic acids is 1. The average molecular weight is 498 g/mol. The van der Waals surface area contributed by atoms with Crippen LogP contribution in [0.1, 0.15) is 21.5 Å². The molecule has 1 saturated heterocycles. The molecule has 3 aromatic carbocycles. The Hall–Kier alpha value is -2.87. The molecule has 0 N–H and O–H groups in total. The van der Waals surface area contributed by atoms with Gasteiger partial charge in [0.05, 0.1) is 18.5 Å². The summed E-state index contributed by atoms with van der Waals surface area (Å²) in [5.41, 5.74) is 3.16. The van der Waals surface area contributed by atoms with Gasteiger partial charge in [-0.2, -0.15) is 0 Å².